The number of primary sulfonamides is 1. The Labute approximate surface area is 144 Å². The lowest BCUT2D eigenvalue weighted by Crippen LogP contribution is -2.20. The molecule has 130 valence electrons. The fraction of sp³-hybridized carbons (Fsp3) is 0.0625. The predicted molar refractivity (Wildman–Crippen MR) is 91.8 cm³/mol. The highest BCUT2D eigenvalue weighted by Crippen LogP contribution is 2.14. The number of benzene rings is 2. The number of nitrogens with one attached hydrogen (secondary N) is 1. The van der Waals surface area contributed by atoms with Gasteiger partial charge < -0.3 is 5.32 Å². The summed E-state index contributed by atoms with van der Waals surface area (Å²) in [6, 6.07) is 11.7. The van der Waals surface area contributed by atoms with Gasteiger partial charge in [-0.05, 0) is 29.3 Å². The van der Waals surface area contributed by atoms with Gasteiger partial charge in [0.25, 0.3) is 5.69 Å². The summed E-state index contributed by atoms with van der Waals surface area (Å²) in [5.41, 5.74) is 1.17. The molecule has 0 saturated carbocycles. The van der Waals surface area contributed by atoms with Crippen LogP contribution in [0.1, 0.15) is 11.1 Å². The van der Waals surface area contributed by atoms with Crippen molar-refractivity contribution >= 4 is 27.7 Å². The van der Waals surface area contributed by atoms with Crippen molar-refractivity contribution in [2.75, 3.05) is 0 Å². The Morgan fingerprint density at radius 3 is 2.48 bits per heavy atom. The van der Waals surface area contributed by atoms with Gasteiger partial charge in [-0.3, -0.25) is 14.9 Å². The summed E-state index contributed by atoms with van der Waals surface area (Å²) in [6.07, 6.45) is 2.73. The number of non-ortho nitro benzene ring substituents is 1. The second-order valence-corrected chi connectivity index (χ2v) is 6.65. The second-order valence-electron chi connectivity index (χ2n) is 5.09. The summed E-state index contributed by atoms with van der Waals surface area (Å²) < 4.78 is 22.3. The molecule has 0 aromatic heterocycles. The summed E-state index contributed by atoms with van der Waals surface area (Å²) in [6.45, 7) is 0.197. The van der Waals surface area contributed by atoms with Crippen molar-refractivity contribution in [1.29, 1.82) is 0 Å². The SMILES string of the molecule is NS(=O)(=O)c1ccc(CNC(=O)/C=C/c2cccc([N+](=O)[O-])c2)cc1. The summed E-state index contributed by atoms with van der Waals surface area (Å²) in [5, 5.41) is 18.3. The Hall–Kier alpha value is -3.04. The molecule has 0 radical (unpaired) electrons. The van der Waals surface area contributed by atoms with Gasteiger partial charge in [-0.25, -0.2) is 13.6 Å². The molecular formula is C16H15N3O5S. The van der Waals surface area contributed by atoms with Crippen LogP contribution in [0.3, 0.4) is 0 Å². The van der Waals surface area contributed by atoms with Gasteiger partial charge in [0.1, 0.15) is 0 Å². The fourth-order valence-electron chi connectivity index (χ4n) is 1.96. The molecule has 8 nitrogen and oxygen atoms in total. The smallest absolute Gasteiger partial charge is 0.270 e. The number of rotatable bonds is 6. The highest BCUT2D eigenvalue weighted by Gasteiger charge is 2.07. The normalized spacial score (nSPS) is 11.4. The zero-order valence-corrected chi connectivity index (χ0v) is 13.8. The Balaban J connectivity index is 1.94. The molecular weight excluding hydrogens is 346 g/mol. The molecule has 0 heterocycles. The fourth-order valence-corrected chi connectivity index (χ4v) is 2.47. The van der Waals surface area contributed by atoms with Gasteiger partial charge in [0.15, 0.2) is 0 Å². The number of nitro benzene ring substituents is 1. The molecule has 0 atom stereocenters. The quantitative estimate of drug-likeness (QED) is 0.458. The average molecular weight is 361 g/mol. The highest BCUT2D eigenvalue weighted by atomic mass is 32.2. The zero-order chi connectivity index (χ0) is 18.4. The molecule has 0 aliphatic carbocycles. The lowest BCUT2D eigenvalue weighted by atomic mass is 10.2. The van der Waals surface area contributed by atoms with Crippen molar-refractivity contribution in [3.63, 3.8) is 0 Å². The molecule has 2 rings (SSSR count). The van der Waals surface area contributed by atoms with E-state index in [9.17, 15) is 23.3 Å². The standard InChI is InChI=1S/C16H15N3O5S/c17-25(23,24)15-7-4-13(5-8-15)11-18-16(20)9-6-12-2-1-3-14(10-12)19(21)22/h1-10H,11H2,(H,18,20)(H2,17,23,24)/b9-6+. The molecule has 25 heavy (non-hydrogen) atoms. The first-order valence-corrected chi connectivity index (χ1v) is 8.62. The first-order valence-electron chi connectivity index (χ1n) is 7.08. The van der Waals surface area contributed by atoms with E-state index in [0.717, 1.165) is 0 Å². The molecule has 0 aliphatic rings. The van der Waals surface area contributed by atoms with Crippen LogP contribution in [0.25, 0.3) is 6.08 Å². The van der Waals surface area contributed by atoms with Gasteiger partial charge in [-0.2, -0.15) is 0 Å². The number of hydrogen-bond acceptors (Lipinski definition) is 5. The van der Waals surface area contributed by atoms with Crippen LogP contribution < -0.4 is 10.5 Å². The predicted octanol–water partition coefficient (Wildman–Crippen LogP) is 1.57. The Morgan fingerprint density at radius 2 is 1.88 bits per heavy atom. The molecule has 0 spiro atoms. The van der Waals surface area contributed by atoms with E-state index in [0.29, 0.717) is 11.1 Å². The van der Waals surface area contributed by atoms with Gasteiger partial charge in [0, 0.05) is 24.8 Å². The molecule has 2 aromatic carbocycles. The second kappa shape index (κ2) is 7.69. The Kier molecular flexibility index (Phi) is 5.63. The molecule has 0 saturated heterocycles. The zero-order valence-electron chi connectivity index (χ0n) is 13.0. The molecule has 2 aromatic rings. The molecule has 9 heteroatoms. The maximum Gasteiger partial charge on any atom is 0.270 e. The van der Waals surface area contributed by atoms with Gasteiger partial charge in [-0.15, -0.1) is 0 Å². The summed E-state index contributed by atoms with van der Waals surface area (Å²) in [4.78, 5) is 22.0. The number of carbonyl (C=O) groups is 1. The van der Waals surface area contributed by atoms with Crippen molar-refractivity contribution in [3.05, 3.63) is 75.8 Å². The minimum Gasteiger partial charge on any atom is -0.348 e. The Morgan fingerprint density at radius 1 is 1.20 bits per heavy atom. The summed E-state index contributed by atoms with van der Waals surface area (Å²) in [5.74, 6) is -0.387. The van der Waals surface area contributed by atoms with E-state index in [1.807, 2.05) is 0 Å². The van der Waals surface area contributed by atoms with Crippen LogP contribution >= 0.6 is 0 Å². The van der Waals surface area contributed by atoms with Crippen LogP contribution in [-0.2, 0) is 21.4 Å². The van der Waals surface area contributed by atoms with E-state index < -0.39 is 14.9 Å². The van der Waals surface area contributed by atoms with Crippen LogP contribution in [0, 0.1) is 10.1 Å². The van der Waals surface area contributed by atoms with Gasteiger partial charge in [0.05, 0.1) is 9.82 Å². The number of nitrogens with two attached hydrogens (primary N) is 1. The van der Waals surface area contributed by atoms with Crippen molar-refractivity contribution in [3.8, 4) is 0 Å². The lowest BCUT2D eigenvalue weighted by Gasteiger charge is -2.04. The molecule has 0 bridgehead atoms. The molecule has 0 unspecified atom stereocenters. The van der Waals surface area contributed by atoms with Crippen molar-refractivity contribution in [2.24, 2.45) is 5.14 Å². The van der Waals surface area contributed by atoms with Gasteiger partial charge in [-0.1, -0.05) is 24.3 Å². The van der Waals surface area contributed by atoms with Crippen LogP contribution in [0.4, 0.5) is 5.69 Å². The van der Waals surface area contributed by atoms with E-state index in [1.54, 1.807) is 18.2 Å². The largest absolute Gasteiger partial charge is 0.348 e. The summed E-state index contributed by atoms with van der Waals surface area (Å²) >= 11 is 0. The van der Waals surface area contributed by atoms with E-state index >= 15 is 0 Å². The third-order valence-corrected chi connectivity index (χ3v) is 4.16. The Bertz CT molecular complexity index is 921. The van der Waals surface area contributed by atoms with Crippen molar-refractivity contribution in [2.45, 2.75) is 11.4 Å². The summed E-state index contributed by atoms with van der Waals surface area (Å²) in [7, 11) is -3.75. The maximum absolute atomic E-state index is 11.8. The van der Waals surface area contributed by atoms with E-state index in [2.05, 4.69) is 5.32 Å². The van der Waals surface area contributed by atoms with Gasteiger partial charge in [0.2, 0.25) is 15.9 Å². The van der Waals surface area contributed by atoms with Crippen molar-refractivity contribution < 1.29 is 18.1 Å². The number of nitro groups is 1. The van der Waals surface area contributed by atoms with E-state index in [4.69, 9.17) is 5.14 Å². The van der Waals surface area contributed by atoms with Crippen LogP contribution in [-0.4, -0.2) is 19.2 Å². The lowest BCUT2D eigenvalue weighted by molar-refractivity contribution is -0.384. The molecule has 1 amide bonds. The number of hydrogen-bond donors (Lipinski definition) is 2. The monoisotopic (exact) mass is 361 g/mol. The first kappa shape index (κ1) is 18.3. The van der Waals surface area contributed by atoms with Crippen LogP contribution in [0.5, 0.6) is 0 Å². The van der Waals surface area contributed by atoms with Crippen LogP contribution in [0.15, 0.2) is 59.5 Å². The molecule has 0 aliphatic heterocycles. The minimum atomic E-state index is -3.75. The van der Waals surface area contributed by atoms with Crippen molar-refractivity contribution in [1.82, 2.24) is 5.32 Å². The van der Waals surface area contributed by atoms with E-state index in [1.165, 1.54) is 42.5 Å². The number of sulfonamides is 1. The number of amides is 1. The average Bonchev–Trinajstić information content (AvgIpc) is 2.58. The maximum atomic E-state index is 11.8. The minimum absolute atomic E-state index is 0.00635. The highest BCUT2D eigenvalue weighted by molar-refractivity contribution is 7.89. The third-order valence-electron chi connectivity index (χ3n) is 3.23. The molecule has 3 N–H and O–H groups in total. The molecule has 0 fully saturated rings. The number of nitrogens with zero attached hydrogens (tertiary/aromatic N) is 1. The van der Waals surface area contributed by atoms with Gasteiger partial charge >= 0.3 is 0 Å². The van der Waals surface area contributed by atoms with Crippen LogP contribution in [0.2, 0.25) is 0 Å². The van der Waals surface area contributed by atoms with E-state index in [-0.39, 0.29) is 23.0 Å². The number of carbonyl (C=O) groups excluding carboxylic acids is 1. The topological polar surface area (TPSA) is 132 Å². The first-order chi connectivity index (χ1) is 11.8. The third kappa shape index (κ3) is 5.52.